The first-order valence-electron chi connectivity index (χ1n) is 10.6. The minimum Gasteiger partial charge on any atom is -0.466 e. The van der Waals surface area contributed by atoms with Gasteiger partial charge in [0.05, 0.1) is 24.6 Å². The van der Waals surface area contributed by atoms with Crippen LogP contribution in [-0.2, 0) is 9.53 Å². The lowest BCUT2D eigenvalue weighted by Gasteiger charge is -2.39. The molecule has 3 rings (SSSR count). The number of carbonyl (C=O) groups is 2. The number of aromatic nitrogens is 1. The van der Waals surface area contributed by atoms with Crippen LogP contribution in [0.3, 0.4) is 0 Å². The highest BCUT2D eigenvalue weighted by atomic mass is 16.5. The molecule has 156 valence electrons. The third-order valence-electron chi connectivity index (χ3n) is 5.94. The topological polar surface area (TPSA) is 84.7 Å². The molecule has 1 atom stereocenters. The fourth-order valence-corrected chi connectivity index (χ4v) is 4.41. The minimum atomic E-state index is -0.498. The maximum absolute atomic E-state index is 13.2. The van der Waals surface area contributed by atoms with E-state index in [0.29, 0.717) is 13.2 Å². The van der Waals surface area contributed by atoms with E-state index in [4.69, 9.17) is 9.26 Å². The van der Waals surface area contributed by atoms with Gasteiger partial charge in [-0.2, -0.15) is 0 Å². The molecule has 2 amide bonds. The second-order valence-corrected chi connectivity index (χ2v) is 8.41. The summed E-state index contributed by atoms with van der Waals surface area (Å²) in [5.74, 6) is 0.870. The van der Waals surface area contributed by atoms with Crippen molar-refractivity contribution in [1.82, 2.24) is 15.4 Å². The monoisotopic (exact) mass is 391 g/mol. The second kappa shape index (κ2) is 8.97. The number of amides is 2. The molecule has 1 saturated carbocycles. The molecular weight excluding hydrogens is 358 g/mol. The summed E-state index contributed by atoms with van der Waals surface area (Å²) in [6, 6.07) is 1.79. The number of hydrogen-bond acceptors (Lipinski definition) is 5. The van der Waals surface area contributed by atoms with Gasteiger partial charge in [0.1, 0.15) is 11.5 Å². The highest BCUT2D eigenvalue weighted by Crippen LogP contribution is 2.35. The molecule has 1 saturated heterocycles. The summed E-state index contributed by atoms with van der Waals surface area (Å²) in [6.07, 6.45) is 6.87. The Morgan fingerprint density at radius 3 is 2.71 bits per heavy atom. The molecule has 0 bridgehead atoms. The Labute approximate surface area is 167 Å². The van der Waals surface area contributed by atoms with Crippen molar-refractivity contribution in [3.05, 3.63) is 17.5 Å². The van der Waals surface area contributed by atoms with Crippen LogP contribution in [0.25, 0.3) is 0 Å². The van der Waals surface area contributed by atoms with Crippen LogP contribution in [0.5, 0.6) is 0 Å². The molecule has 7 heteroatoms. The molecule has 0 aromatic carbocycles. The van der Waals surface area contributed by atoms with Gasteiger partial charge < -0.3 is 19.5 Å². The van der Waals surface area contributed by atoms with Crippen molar-refractivity contribution in [3.63, 3.8) is 0 Å². The molecule has 1 aliphatic carbocycles. The Hall–Kier alpha value is -2.05. The van der Waals surface area contributed by atoms with Crippen LogP contribution >= 0.6 is 0 Å². The standard InChI is InChI=1S/C21H33N3O4/c1-4-27-19(25)14-21(10-6-5-7-11-21)22-20(26)24-12-8-9-17(24)16-13-18(15(2)3)28-23-16/h13,15,17H,4-12,14H2,1-3H3,(H,22,26). The fraction of sp³-hybridized carbons (Fsp3) is 0.762. The molecule has 0 spiro atoms. The van der Waals surface area contributed by atoms with Crippen LogP contribution in [0.1, 0.15) is 95.6 Å². The zero-order valence-electron chi connectivity index (χ0n) is 17.3. The Morgan fingerprint density at radius 1 is 1.32 bits per heavy atom. The number of urea groups is 1. The Morgan fingerprint density at radius 2 is 2.07 bits per heavy atom. The van der Waals surface area contributed by atoms with Crippen LogP contribution in [0.15, 0.2) is 10.6 Å². The molecule has 2 heterocycles. The molecule has 2 fully saturated rings. The van der Waals surface area contributed by atoms with E-state index in [9.17, 15) is 9.59 Å². The molecule has 1 N–H and O–H groups in total. The molecule has 1 unspecified atom stereocenters. The first-order valence-corrected chi connectivity index (χ1v) is 10.6. The Balaban J connectivity index is 1.71. The van der Waals surface area contributed by atoms with Crippen molar-refractivity contribution in [3.8, 4) is 0 Å². The van der Waals surface area contributed by atoms with E-state index in [0.717, 1.165) is 56.4 Å². The lowest BCUT2D eigenvalue weighted by molar-refractivity contribution is -0.145. The summed E-state index contributed by atoms with van der Waals surface area (Å²) < 4.78 is 10.6. The first kappa shape index (κ1) is 20.7. The van der Waals surface area contributed by atoms with Gasteiger partial charge in [-0.1, -0.05) is 38.3 Å². The Kier molecular flexibility index (Phi) is 6.62. The molecule has 1 aromatic rings. The molecule has 0 radical (unpaired) electrons. The number of esters is 1. The first-order chi connectivity index (χ1) is 13.4. The van der Waals surface area contributed by atoms with Crippen molar-refractivity contribution >= 4 is 12.0 Å². The highest BCUT2D eigenvalue weighted by molar-refractivity contribution is 5.78. The molecule has 1 aliphatic heterocycles. The molecule has 7 nitrogen and oxygen atoms in total. The van der Waals surface area contributed by atoms with E-state index in [1.54, 1.807) is 0 Å². The van der Waals surface area contributed by atoms with Gasteiger partial charge in [-0.15, -0.1) is 0 Å². The molecule has 2 aliphatic rings. The largest absolute Gasteiger partial charge is 0.466 e. The lowest BCUT2D eigenvalue weighted by atomic mass is 9.79. The lowest BCUT2D eigenvalue weighted by Crippen LogP contribution is -2.55. The van der Waals surface area contributed by atoms with Gasteiger partial charge in [0.15, 0.2) is 0 Å². The number of carbonyl (C=O) groups excluding carboxylic acids is 2. The average Bonchev–Trinajstić information content (AvgIpc) is 3.31. The molecule has 28 heavy (non-hydrogen) atoms. The van der Waals surface area contributed by atoms with Crippen LogP contribution in [-0.4, -0.2) is 40.7 Å². The average molecular weight is 392 g/mol. The van der Waals surface area contributed by atoms with Gasteiger partial charge in [0, 0.05) is 18.5 Å². The highest BCUT2D eigenvalue weighted by Gasteiger charge is 2.40. The van der Waals surface area contributed by atoms with E-state index < -0.39 is 5.54 Å². The van der Waals surface area contributed by atoms with E-state index >= 15 is 0 Å². The zero-order valence-corrected chi connectivity index (χ0v) is 17.3. The van der Waals surface area contributed by atoms with Gasteiger partial charge in [-0.25, -0.2) is 4.79 Å². The van der Waals surface area contributed by atoms with Gasteiger partial charge in [-0.05, 0) is 32.6 Å². The third kappa shape index (κ3) is 4.67. The summed E-state index contributed by atoms with van der Waals surface area (Å²) in [7, 11) is 0. The predicted molar refractivity (Wildman–Crippen MR) is 105 cm³/mol. The maximum Gasteiger partial charge on any atom is 0.318 e. The van der Waals surface area contributed by atoms with E-state index in [1.807, 2.05) is 17.9 Å². The van der Waals surface area contributed by atoms with Gasteiger partial charge >= 0.3 is 12.0 Å². The summed E-state index contributed by atoms with van der Waals surface area (Å²) >= 11 is 0. The van der Waals surface area contributed by atoms with Crippen molar-refractivity contribution < 1.29 is 18.8 Å². The maximum atomic E-state index is 13.2. The van der Waals surface area contributed by atoms with Crippen LogP contribution in [0.4, 0.5) is 4.79 Å². The van der Waals surface area contributed by atoms with Crippen molar-refractivity contribution in [2.24, 2.45) is 0 Å². The number of hydrogen-bond donors (Lipinski definition) is 1. The van der Waals surface area contributed by atoms with Crippen LogP contribution < -0.4 is 5.32 Å². The van der Waals surface area contributed by atoms with Crippen molar-refractivity contribution in [1.29, 1.82) is 0 Å². The quantitative estimate of drug-likeness (QED) is 0.731. The van der Waals surface area contributed by atoms with Crippen molar-refractivity contribution in [2.75, 3.05) is 13.2 Å². The number of ether oxygens (including phenoxy) is 1. The zero-order chi connectivity index (χ0) is 20.1. The van der Waals surface area contributed by atoms with Crippen LogP contribution in [0, 0.1) is 0 Å². The number of likely N-dealkylation sites (tertiary alicyclic amines) is 1. The fourth-order valence-electron chi connectivity index (χ4n) is 4.41. The summed E-state index contributed by atoms with van der Waals surface area (Å²) in [6.45, 7) is 6.98. The van der Waals surface area contributed by atoms with Gasteiger partial charge in [0.25, 0.3) is 0 Å². The Bertz CT molecular complexity index is 679. The van der Waals surface area contributed by atoms with Gasteiger partial charge in [0.2, 0.25) is 0 Å². The summed E-state index contributed by atoms with van der Waals surface area (Å²) in [5, 5.41) is 7.44. The SMILES string of the molecule is CCOC(=O)CC1(NC(=O)N2CCCC2c2cc(C(C)C)on2)CCCCC1. The molecular formula is C21H33N3O4. The van der Waals surface area contributed by atoms with E-state index in [-0.39, 0.29) is 30.4 Å². The smallest absolute Gasteiger partial charge is 0.318 e. The van der Waals surface area contributed by atoms with E-state index in [1.165, 1.54) is 0 Å². The minimum absolute atomic E-state index is 0.0699. The van der Waals surface area contributed by atoms with Crippen molar-refractivity contribution in [2.45, 2.75) is 89.6 Å². The number of nitrogens with one attached hydrogen (secondary N) is 1. The summed E-state index contributed by atoms with van der Waals surface area (Å²) in [5.41, 5.74) is 0.321. The normalized spacial score (nSPS) is 21.7. The number of nitrogens with zero attached hydrogens (tertiary/aromatic N) is 2. The van der Waals surface area contributed by atoms with Crippen LogP contribution in [0.2, 0.25) is 0 Å². The molecule has 1 aromatic heterocycles. The second-order valence-electron chi connectivity index (χ2n) is 8.41. The predicted octanol–water partition coefficient (Wildman–Crippen LogP) is 4.30. The third-order valence-corrected chi connectivity index (χ3v) is 5.94. The summed E-state index contributed by atoms with van der Waals surface area (Å²) in [4.78, 5) is 27.2. The van der Waals surface area contributed by atoms with Gasteiger partial charge in [-0.3, -0.25) is 4.79 Å². The number of rotatable bonds is 6. The van der Waals surface area contributed by atoms with E-state index in [2.05, 4.69) is 24.3 Å².